The van der Waals surface area contributed by atoms with Crippen molar-refractivity contribution < 1.29 is 17.2 Å². The van der Waals surface area contributed by atoms with Gasteiger partial charge in [0.1, 0.15) is 0 Å². The topological polar surface area (TPSA) is 34.1 Å². The Bertz CT molecular complexity index is 686. The number of rotatable bonds is 5. The first-order valence-electron chi connectivity index (χ1n) is 5.85. The molecule has 0 spiro atoms. The van der Waals surface area contributed by atoms with Crippen LogP contribution in [0.3, 0.4) is 0 Å². The van der Waals surface area contributed by atoms with E-state index >= 15 is 0 Å². The van der Waals surface area contributed by atoms with Gasteiger partial charge in [-0.05, 0) is 30.3 Å². The van der Waals surface area contributed by atoms with Gasteiger partial charge in [0, 0.05) is 10.6 Å². The molecule has 6 heteroatoms. The van der Waals surface area contributed by atoms with E-state index < -0.39 is 21.5 Å². The molecule has 0 fully saturated rings. The molecule has 0 heterocycles. The highest BCUT2D eigenvalue weighted by Crippen LogP contribution is 2.21. The molecule has 0 aliphatic heterocycles. The van der Waals surface area contributed by atoms with Gasteiger partial charge < -0.3 is 0 Å². The Balaban J connectivity index is 1.97. The van der Waals surface area contributed by atoms with Crippen LogP contribution in [0.15, 0.2) is 58.3 Å². The second-order valence-corrected chi connectivity index (χ2v) is 7.33. The summed E-state index contributed by atoms with van der Waals surface area (Å²) in [5.74, 6) is -1.62. The maximum absolute atomic E-state index is 13.0. The summed E-state index contributed by atoms with van der Waals surface area (Å²) in [5, 5.41) is 0. The Morgan fingerprint density at radius 3 is 2.30 bits per heavy atom. The predicted octanol–water partition coefficient (Wildman–Crippen LogP) is 3.53. The van der Waals surface area contributed by atoms with E-state index in [9.17, 15) is 17.2 Å². The molecule has 0 unspecified atom stereocenters. The normalized spacial score (nSPS) is 11.5. The van der Waals surface area contributed by atoms with Crippen LogP contribution in [0.1, 0.15) is 0 Å². The number of sulfone groups is 1. The van der Waals surface area contributed by atoms with Gasteiger partial charge in [0.05, 0.1) is 10.6 Å². The average molecular weight is 314 g/mol. The van der Waals surface area contributed by atoms with Crippen LogP contribution in [-0.2, 0) is 9.84 Å². The van der Waals surface area contributed by atoms with E-state index in [1.165, 1.54) is 30.0 Å². The molecule has 0 radical (unpaired) electrons. The van der Waals surface area contributed by atoms with Crippen molar-refractivity contribution in [3.8, 4) is 0 Å². The first-order chi connectivity index (χ1) is 9.49. The van der Waals surface area contributed by atoms with Crippen molar-refractivity contribution in [1.82, 2.24) is 0 Å². The lowest BCUT2D eigenvalue weighted by atomic mass is 10.3. The van der Waals surface area contributed by atoms with Crippen molar-refractivity contribution >= 4 is 21.6 Å². The van der Waals surface area contributed by atoms with Crippen molar-refractivity contribution in [1.29, 1.82) is 0 Å². The van der Waals surface area contributed by atoms with Gasteiger partial charge in [0.25, 0.3) is 0 Å². The smallest absolute Gasteiger partial charge is 0.179 e. The zero-order valence-corrected chi connectivity index (χ0v) is 12.1. The predicted molar refractivity (Wildman–Crippen MR) is 75.6 cm³/mol. The highest BCUT2D eigenvalue weighted by Gasteiger charge is 2.13. The molecule has 0 bridgehead atoms. The Kier molecular flexibility index (Phi) is 4.77. The summed E-state index contributed by atoms with van der Waals surface area (Å²) in [7, 11) is -3.34. The fourth-order valence-electron chi connectivity index (χ4n) is 1.58. The minimum atomic E-state index is -3.34. The molecule has 2 aromatic carbocycles. The maximum atomic E-state index is 13.0. The number of benzene rings is 2. The monoisotopic (exact) mass is 314 g/mol. The first-order valence-corrected chi connectivity index (χ1v) is 8.48. The summed E-state index contributed by atoms with van der Waals surface area (Å²) < 4.78 is 49.7. The third-order valence-corrected chi connectivity index (χ3v) is 5.60. The number of hydrogen-bond acceptors (Lipinski definition) is 3. The third-order valence-electron chi connectivity index (χ3n) is 2.61. The fraction of sp³-hybridized carbons (Fsp3) is 0.143. The highest BCUT2D eigenvalue weighted by molar-refractivity contribution is 8.00. The van der Waals surface area contributed by atoms with Gasteiger partial charge in [-0.2, -0.15) is 0 Å². The molecular formula is C14H12F2O2S2. The molecule has 0 atom stereocenters. The van der Waals surface area contributed by atoms with Crippen LogP contribution in [0.4, 0.5) is 8.78 Å². The molecule has 0 aromatic heterocycles. The summed E-state index contributed by atoms with van der Waals surface area (Å²) in [6, 6.07) is 11.7. The highest BCUT2D eigenvalue weighted by atomic mass is 32.2. The number of halogens is 2. The lowest BCUT2D eigenvalue weighted by Crippen LogP contribution is -2.08. The quantitative estimate of drug-likeness (QED) is 0.792. The van der Waals surface area contributed by atoms with E-state index in [2.05, 4.69) is 0 Å². The molecule has 20 heavy (non-hydrogen) atoms. The third kappa shape index (κ3) is 3.80. The standard InChI is InChI=1S/C14H12F2O2S2/c15-13-7-6-11(10-14(13)16)19-8-9-20(17,18)12-4-2-1-3-5-12/h1-7,10H,8-9H2. The van der Waals surface area contributed by atoms with E-state index in [1.54, 1.807) is 18.2 Å². The molecule has 0 aliphatic rings. The molecule has 0 amide bonds. The SMILES string of the molecule is O=S(=O)(CCSc1ccc(F)c(F)c1)c1ccccc1. The van der Waals surface area contributed by atoms with E-state index in [1.807, 2.05) is 0 Å². The van der Waals surface area contributed by atoms with E-state index in [4.69, 9.17) is 0 Å². The van der Waals surface area contributed by atoms with E-state index in [0.717, 1.165) is 12.1 Å². The summed E-state index contributed by atoms with van der Waals surface area (Å²) in [6.07, 6.45) is 0. The van der Waals surface area contributed by atoms with Gasteiger partial charge >= 0.3 is 0 Å². The molecule has 2 rings (SSSR count). The number of hydrogen-bond donors (Lipinski definition) is 0. The zero-order chi connectivity index (χ0) is 14.6. The van der Waals surface area contributed by atoms with Crippen LogP contribution < -0.4 is 0 Å². The van der Waals surface area contributed by atoms with Crippen molar-refractivity contribution in [3.05, 3.63) is 60.2 Å². The Labute approximate surface area is 120 Å². The second-order valence-electron chi connectivity index (χ2n) is 4.06. The molecular weight excluding hydrogens is 302 g/mol. The fourth-order valence-corrected chi connectivity index (χ4v) is 4.19. The average Bonchev–Trinajstić information content (AvgIpc) is 2.44. The van der Waals surface area contributed by atoms with Gasteiger partial charge in [-0.15, -0.1) is 11.8 Å². The maximum Gasteiger partial charge on any atom is 0.179 e. The van der Waals surface area contributed by atoms with Crippen molar-refractivity contribution in [2.45, 2.75) is 9.79 Å². The Morgan fingerprint density at radius 1 is 0.950 bits per heavy atom. The molecule has 2 nitrogen and oxygen atoms in total. The van der Waals surface area contributed by atoms with Crippen LogP contribution in [0.5, 0.6) is 0 Å². The second kappa shape index (κ2) is 6.37. The van der Waals surface area contributed by atoms with Crippen LogP contribution in [0.2, 0.25) is 0 Å². The molecule has 0 saturated heterocycles. The van der Waals surface area contributed by atoms with Crippen LogP contribution in [-0.4, -0.2) is 19.9 Å². The van der Waals surface area contributed by atoms with Crippen LogP contribution >= 0.6 is 11.8 Å². The van der Waals surface area contributed by atoms with Crippen LogP contribution in [0, 0.1) is 11.6 Å². The van der Waals surface area contributed by atoms with Crippen molar-refractivity contribution in [2.24, 2.45) is 0 Å². The Morgan fingerprint density at radius 2 is 1.65 bits per heavy atom. The minimum absolute atomic E-state index is 0.0549. The van der Waals surface area contributed by atoms with E-state index in [-0.39, 0.29) is 16.4 Å². The van der Waals surface area contributed by atoms with Crippen LogP contribution in [0.25, 0.3) is 0 Å². The molecule has 0 saturated carbocycles. The molecule has 0 aliphatic carbocycles. The van der Waals surface area contributed by atoms with Gasteiger partial charge in [-0.3, -0.25) is 0 Å². The van der Waals surface area contributed by atoms with Gasteiger partial charge in [-0.25, -0.2) is 17.2 Å². The lowest BCUT2D eigenvalue weighted by molar-refractivity contribution is 0.506. The van der Waals surface area contributed by atoms with Gasteiger partial charge in [-0.1, -0.05) is 18.2 Å². The summed E-state index contributed by atoms with van der Waals surface area (Å²) >= 11 is 1.18. The van der Waals surface area contributed by atoms with E-state index in [0.29, 0.717) is 4.90 Å². The summed E-state index contributed by atoms with van der Waals surface area (Å²) in [6.45, 7) is 0. The summed E-state index contributed by atoms with van der Waals surface area (Å²) in [5.41, 5.74) is 0. The first kappa shape index (κ1) is 15.0. The van der Waals surface area contributed by atoms with Gasteiger partial charge in [0.15, 0.2) is 21.5 Å². The minimum Gasteiger partial charge on any atom is -0.224 e. The zero-order valence-electron chi connectivity index (χ0n) is 10.4. The largest absolute Gasteiger partial charge is 0.224 e. The number of thioether (sulfide) groups is 1. The Hall–Kier alpha value is -1.40. The summed E-state index contributed by atoms with van der Waals surface area (Å²) in [4.78, 5) is 0.776. The van der Waals surface area contributed by atoms with Gasteiger partial charge in [0.2, 0.25) is 0 Å². The molecule has 106 valence electrons. The molecule has 0 N–H and O–H groups in total. The molecule has 2 aromatic rings. The lowest BCUT2D eigenvalue weighted by Gasteiger charge is -2.05. The van der Waals surface area contributed by atoms with Crippen molar-refractivity contribution in [3.63, 3.8) is 0 Å². The van der Waals surface area contributed by atoms with Crippen molar-refractivity contribution in [2.75, 3.05) is 11.5 Å².